The van der Waals surface area contributed by atoms with E-state index in [0.717, 1.165) is 48.2 Å². The van der Waals surface area contributed by atoms with E-state index in [1.807, 2.05) is 24.3 Å². The number of carbonyl (C=O) groups excluding carboxylic acids is 1. The average molecular weight is 567 g/mol. The number of anilines is 2. The van der Waals surface area contributed by atoms with Crippen LogP contribution in [-0.2, 0) is 17.4 Å². The van der Waals surface area contributed by atoms with Gasteiger partial charge in [-0.15, -0.1) is 12.6 Å². The molecular weight excluding hydrogens is 536 g/mol. The third kappa shape index (κ3) is 9.10. The molecule has 0 saturated carbocycles. The first-order chi connectivity index (χ1) is 17.7. The van der Waals surface area contributed by atoms with Gasteiger partial charge in [0.25, 0.3) is 0 Å². The summed E-state index contributed by atoms with van der Waals surface area (Å²) in [5, 5.41) is 7.56. The number of aryl methyl sites for hydroxylation is 1. The second-order valence-corrected chi connectivity index (χ2v) is 9.22. The van der Waals surface area contributed by atoms with Gasteiger partial charge < -0.3 is 26.0 Å². The van der Waals surface area contributed by atoms with Crippen LogP contribution in [0.15, 0.2) is 82.3 Å². The number of ketones is 1. The zero-order valence-electron chi connectivity index (χ0n) is 20.8. The molecule has 3 aromatic carbocycles. The lowest BCUT2D eigenvalue weighted by atomic mass is 10.0. The van der Waals surface area contributed by atoms with E-state index in [1.165, 1.54) is 24.3 Å². The fourth-order valence-corrected chi connectivity index (χ4v) is 4.35. The number of hydrogen-bond donors (Lipinski definition) is 3. The van der Waals surface area contributed by atoms with Gasteiger partial charge in [-0.05, 0) is 92.0 Å². The van der Waals surface area contributed by atoms with Crippen LogP contribution < -0.4 is 10.6 Å². The van der Waals surface area contributed by atoms with Crippen LogP contribution >= 0.6 is 12.6 Å². The number of Topliss-reactive ketones (excluding diaryl/α,β-unsaturated/α-hetero) is 1. The van der Waals surface area contributed by atoms with E-state index in [-0.39, 0.29) is 28.6 Å². The molecule has 5 rings (SSSR count). The highest BCUT2D eigenvalue weighted by Gasteiger charge is 2.29. The summed E-state index contributed by atoms with van der Waals surface area (Å²) in [5.74, 6) is -0.0183. The number of rotatable bonds is 6. The van der Waals surface area contributed by atoms with Crippen molar-refractivity contribution in [3.8, 4) is 0 Å². The topological polar surface area (TPSA) is 117 Å². The van der Waals surface area contributed by atoms with E-state index in [0.29, 0.717) is 29.2 Å². The Bertz CT molecular complexity index is 1350. The molecule has 0 bridgehead atoms. The van der Waals surface area contributed by atoms with Crippen molar-refractivity contribution in [2.24, 2.45) is 0 Å². The molecule has 0 unspecified atom stereocenters. The Hall–Kier alpha value is -3.38. The lowest BCUT2D eigenvalue weighted by molar-refractivity contribution is -0.137. The fraction of sp³-hybridized carbons (Fsp3) is 0.250. The normalized spacial score (nSPS) is 14.5. The van der Waals surface area contributed by atoms with Crippen molar-refractivity contribution in [3.05, 3.63) is 89.7 Å². The van der Waals surface area contributed by atoms with E-state index in [2.05, 4.69) is 23.3 Å². The van der Waals surface area contributed by atoms with E-state index < -0.39 is 11.7 Å². The molecule has 1 aliphatic heterocycles. The van der Waals surface area contributed by atoms with Gasteiger partial charge in [0.1, 0.15) is 17.2 Å². The Labute approximate surface area is 228 Å². The van der Waals surface area contributed by atoms with Gasteiger partial charge in [0, 0.05) is 23.2 Å². The number of fused-ring (bicyclic) bond motifs is 1. The number of alkyl halides is 3. The lowest BCUT2D eigenvalue weighted by Gasteiger charge is -2.11. The molecule has 1 saturated heterocycles. The Balaban J connectivity index is 0.000000344. The van der Waals surface area contributed by atoms with Gasteiger partial charge in [0.15, 0.2) is 5.09 Å². The zero-order chi connectivity index (χ0) is 26.4. The summed E-state index contributed by atoms with van der Waals surface area (Å²) in [6.45, 7) is 0.906. The summed E-state index contributed by atoms with van der Waals surface area (Å²) in [6.07, 6.45) is -1.24. The summed E-state index contributed by atoms with van der Waals surface area (Å²) < 4.78 is 55.5. The highest BCUT2D eigenvalue weighted by molar-refractivity contribution is 7.80. The highest BCUT2D eigenvalue weighted by Crippen LogP contribution is 2.30. The molecule has 6 nitrogen and oxygen atoms in total. The summed E-state index contributed by atoms with van der Waals surface area (Å²) in [6, 6.07) is 18.6. The van der Waals surface area contributed by atoms with Crippen molar-refractivity contribution >= 4 is 40.8 Å². The molecule has 39 heavy (non-hydrogen) atoms. The summed E-state index contributed by atoms with van der Waals surface area (Å²) in [5.41, 5.74) is 2.38. The van der Waals surface area contributed by atoms with Crippen LogP contribution in [0.25, 0.3) is 11.0 Å². The van der Waals surface area contributed by atoms with Gasteiger partial charge in [0.2, 0.25) is 0 Å². The van der Waals surface area contributed by atoms with Gasteiger partial charge in [0.05, 0.1) is 11.6 Å². The number of thiol groups is 1. The Morgan fingerprint density at radius 2 is 1.74 bits per heavy atom. The maximum Gasteiger partial charge on any atom is 0.416 e. The van der Waals surface area contributed by atoms with Gasteiger partial charge in [-0.1, -0.05) is 12.1 Å². The quantitative estimate of drug-likeness (QED) is 0.199. The van der Waals surface area contributed by atoms with Gasteiger partial charge in [-0.25, -0.2) is 4.39 Å². The molecular formula is C28H30F4N2O4S. The van der Waals surface area contributed by atoms with Crippen LogP contribution in [0.3, 0.4) is 0 Å². The molecule has 1 aliphatic rings. The largest absolute Gasteiger partial charge is 0.450 e. The zero-order valence-corrected chi connectivity index (χ0v) is 21.7. The molecule has 0 radical (unpaired) electrons. The van der Waals surface area contributed by atoms with E-state index in [9.17, 15) is 22.4 Å². The van der Waals surface area contributed by atoms with Crippen molar-refractivity contribution in [1.29, 1.82) is 0 Å². The molecule has 4 aromatic rings. The van der Waals surface area contributed by atoms with E-state index in [4.69, 9.17) is 4.42 Å². The minimum atomic E-state index is -4.33. The minimum absolute atomic E-state index is 0. The third-order valence-corrected chi connectivity index (χ3v) is 6.22. The maximum absolute atomic E-state index is 12.6. The smallest absolute Gasteiger partial charge is 0.416 e. The van der Waals surface area contributed by atoms with Crippen LogP contribution in [0.2, 0.25) is 0 Å². The maximum atomic E-state index is 12.6. The van der Waals surface area contributed by atoms with Crippen molar-refractivity contribution in [2.45, 2.75) is 43.0 Å². The second kappa shape index (κ2) is 14.1. The molecule has 1 fully saturated rings. The molecule has 1 aromatic heterocycles. The Morgan fingerprint density at radius 3 is 2.41 bits per heavy atom. The molecule has 0 aliphatic carbocycles. The van der Waals surface area contributed by atoms with Crippen molar-refractivity contribution < 1.29 is 37.7 Å². The van der Waals surface area contributed by atoms with Crippen molar-refractivity contribution in [2.75, 3.05) is 11.9 Å². The average Bonchev–Trinajstić information content (AvgIpc) is 3.52. The molecule has 11 heteroatoms. The number of carbonyl (C=O) groups is 1. The van der Waals surface area contributed by atoms with E-state index >= 15 is 0 Å². The van der Waals surface area contributed by atoms with Crippen LogP contribution in [0.5, 0.6) is 0 Å². The number of halogens is 4. The fourth-order valence-electron chi connectivity index (χ4n) is 4.12. The minimum Gasteiger partial charge on any atom is -0.450 e. The monoisotopic (exact) mass is 566 g/mol. The van der Waals surface area contributed by atoms with Crippen LogP contribution in [-0.4, -0.2) is 29.3 Å². The Morgan fingerprint density at radius 1 is 1.00 bits per heavy atom. The van der Waals surface area contributed by atoms with Crippen LogP contribution in [0.4, 0.5) is 28.9 Å². The predicted octanol–water partition coefficient (Wildman–Crippen LogP) is 5.91. The third-order valence-electron chi connectivity index (χ3n) is 6.00. The molecule has 0 spiro atoms. The molecule has 6 N–H and O–H groups in total. The molecule has 1 atom stereocenters. The molecule has 0 amide bonds. The first kappa shape index (κ1) is 31.8. The molecule has 2 heterocycles. The molecule has 210 valence electrons. The number of nitrogens with one attached hydrogen (secondary N) is 2. The van der Waals surface area contributed by atoms with Crippen molar-refractivity contribution in [3.63, 3.8) is 0 Å². The lowest BCUT2D eigenvalue weighted by Crippen LogP contribution is -2.30. The summed E-state index contributed by atoms with van der Waals surface area (Å²) in [4.78, 5) is 12.1. The Kier molecular flexibility index (Phi) is 11.5. The van der Waals surface area contributed by atoms with Crippen LogP contribution in [0, 0.1) is 5.82 Å². The van der Waals surface area contributed by atoms with Gasteiger partial charge in [-0.2, -0.15) is 13.2 Å². The second-order valence-electron chi connectivity index (χ2n) is 8.78. The number of furan rings is 1. The van der Waals surface area contributed by atoms with Gasteiger partial charge >= 0.3 is 6.18 Å². The standard InChI is InChI=1S/C20H21F3N2O.C8H5FOS.2H2O/c21-20(22,23)15-7-9-16(10-8-15)25-17-4-1-3-14(13-17)6-11-19(26)18-5-2-12-24-18;9-6-1-2-7-5(3-6)4-8(11)10-7;;/h1,3-4,7-10,13,18,24-25H,2,5-6,11-12H2;1-4,11H;2*1H2/t18-;;;/m0.../s1. The van der Waals surface area contributed by atoms with Crippen LogP contribution in [0.1, 0.15) is 30.4 Å². The first-order valence-electron chi connectivity index (χ1n) is 11.8. The highest BCUT2D eigenvalue weighted by atomic mass is 32.1. The SMILES string of the molecule is Fc1ccc2oc(S)cc2c1.O.O.O=C(CCc1cccc(Nc2ccc(C(F)(F)F)cc2)c1)[C@@H]1CCCN1. The summed E-state index contributed by atoms with van der Waals surface area (Å²) in [7, 11) is 0. The predicted molar refractivity (Wildman–Crippen MR) is 146 cm³/mol. The number of benzene rings is 3. The van der Waals surface area contributed by atoms with E-state index in [1.54, 1.807) is 12.1 Å². The first-order valence-corrected chi connectivity index (χ1v) is 12.3. The van der Waals surface area contributed by atoms with Crippen molar-refractivity contribution in [1.82, 2.24) is 5.32 Å². The summed E-state index contributed by atoms with van der Waals surface area (Å²) >= 11 is 3.99. The van der Waals surface area contributed by atoms with Gasteiger partial charge in [-0.3, -0.25) is 4.79 Å². The number of hydrogen-bond acceptors (Lipinski definition) is 5.